The summed E-state index contributed by atoms with van der Waals surface area (Å²) in [4.78, 5) is 23.3. The van der Waals surface area contributed by atoms with Gasteiger partial charge in [-0.1, -0.05) is 12.1 Å². The molecule has 0 aromatic heterocycles. The molecule has 0 bridgehead atoms. The highest BCUT2D eigenvalue weighted by molar-refractivity contribution is 5.87. The predicted molar refractivity (Wildman–Crippen MR) is 95.6 cm³/mol. The van der Waals surface area contributed by atoms with E-state index in [-0.39, 0.29) is 23.3 Å². The van der Waals surface area contributed by atoms with Crippen molar-refractivity contribution in [2.75, 3.05) is 14.2 Å². The Labute approximate surface area is 151 Å². The minimum Gasteiger partial charge on any atom is -0.497 e. The smallest absolute Gasteiger partial charge is 0.335 e. The number of ether oxygens (including phenoxy) is 2. The Bertz CT molecular complexity index is 815. The third-order valence-corrected chi connectivity index (χ3v) is 4.63. The van der Waals surface area contributed by atoms with E-state index >= 15 is 0 Å². The molecule has 1 aliphatic carbocycles. The van der Waals surface area contributed by atoms with Crippen LogP contribution < -0.4 is 14.8 Å². The molecule has 0 aliphatic heterocycles. The van der Waals surface area contributed by atoms with E-state index in [0.717, 1.165) is 29.0 Å². The molecule has 1 fully saturated rings. The SMILES string of the molecule is COc1ccc(OC)c(C2CC2C(=O)NCc2ccc(C(=O)O)cc2)c1. The molecular formula is C20H21NO5. The Morgan fingerprint density at radius 3 is 2.46 bits per heavy atom. The van der Waals surface area contributed by atoms with Crippen LogP contribution in [0.2, 0.25) is 0 Å². The Balaban J connectivity index is 1.60. The number of carboxylic acid groups (broad SMARTS) is 1. The molecule has 0 heterocycles. The highest BCUT2D eigenvalue weighted by atomic mass is 16.5. The van der Waals surface area contributed by atoms with Crippen molar-refractivity contribution in [3.63, 3.8) is 0 Å². The number of amides is 1. The molecule has 2 N–H and O–H groups in total. The minimum absolute atomic E-state index is 0.0119. The second-order valence-electron chi connectivity index (χ2n) is 6.28. The van der Waals surface area contributed by atoms with Crippen LogP contribution in [0.3, 0.4) is 0 Å². The molecule has 26 heavy (non-hydrogen) atoms. The Hall–Kier alpha value is -3.02. The van der Waals surface area contributed by atoms with Gasteiger partial charge in [0.1, 0.15) is 11.5 Å². The first-order chi connectivity index (χ1) is 12.5. The Morgan fingerprint density at radius 2 is 1.85 bits per heavy atom. The van der Waals surface area contributed by atoms with Gasteiger partial charge in [0.25, 0.3) is 0 Å². The van der Waals surface area contributed by atoms with Gasteiger partial charge in [-0.3, -0.25) is 4.79 Å². The third kappa shape index (κ3) is 3.79. The van der Waals surface area contributed by atoms with Crippen LogP contribution in [0.15, 0.2) is 42.5 Å². The van der Waals surface area contributed by atoms with Gasteiger partial charge in [0.15, 0.2) is 0 Å². The molecule has 1 aliphatic rings. The van der Waals surface area contributed by atoms with E-state index in [2.05, 4.69) is 5.32 Å². The highest BCUT2D eigenvalue weighted by Crippen LogP contribution is 2.51. The summed E-state index contributed by atoms with van der Waals surface area (Å²) in [5.41, 5.74) is 2.07. The van der Waals surface area contributed by atoms with Crippen molar-refractivity contribution in [1.82, 2.24) is 5.32 Å². The second-order valence-corrected chi connectivity index (χ2v) is 6.28. The topological polar surface area (TPSA) is 84.9 Å². The monoisotopic (exact) mass is 355 g/mol. The Kier molecular flexibility index (Phi) is 5.11. The van der Waals surface area contributed by atoms with Crippen molar-refractivity contribution in [2.24, 2.45) is 5.92 Å². The van der Waals surface area contributed by atoms with E-state index in [9.17, 15) is 9.59 Å². The van der Waals surface area contributed by atoms with Crippen molar-refractivity contribution >= 4 is 11.9 Å². The zero-order valence-electron chi connectivity index (χ0n) is 14.7. The minimum atomic E-state index is -0.964. The number of rotatable bonds is 7. The number of hydrogen-bond acceptors (Lipinski definition) is 4. The summed E-state index contributed by atoms with van der Waals surface area (Å²) in [5.74, 6) is 0.556. The standard InChI is InChI=1S/C20H21NO5/c1-25-14-7-8-18(26-2)16(9-14)15-10-17(15)19(22)21-11-12-3-5-13(6-4-12)20(23)24/h3-9,15,17H,10-11H2,1-2H3,(H,21,22)(H,23,24). The first kappa shape index (κ1) is 17.8. The van der Waals surface area contributed by atoms with Crippen LogP contribution in [-0.4, -0.2) is 31.2 Å². The van der Waals surface area contributed by atoms with E-state index in [4.69, 9.17) is 14.6 Å². The molecule has 0 radical (unpaired) electrons. The van der Waals surface area contributed by atoms with E-state index < -0.39 is 5.97 Å². The molecule has 1 saturated carbocycles. The van der Waals surface area contributed by atoms with Crippen LogP contribution >= 0.6 is 0 Å². The number of methoxy groups -OCH3 is 2. The Morgan fingerprint density at radius 1 is 1.12 bits per heavy atom. The van der Waals surface area contributed by atoms with Gasteiger partial charge in [-0.05, 0) is 42.3 Å². The van der Waals surface area contributed by atoms with Crippen molar-refractivity contribution in [3.05, 3.63) is 59.2 Å². The second kappa shape index (κ2) is 7.47. The molecule has 6 nitrogen and oxygen atoms in total. The van der Waals surface area contributed by atoms with Gasteiger partial charge in [-0.15, -0.1) is 0 Å². The normalized spacial score (nSPS) is 18.1. The molecule has 136 valence electrons. The lowest BCUT2D eigenvalue weighted by Gasteiger charge is -2.10. The fourth-order valence-corrected chi connectivity index (χ4v) is 3.04. The summed E-state index contributed by atoms with van der Waals surface area (Å²) >= 11 is 0. The summed E-state index contributed by atoms with van der Waals surface area (Å²) in [6.45, 7) is 0.372. The maximum Gasteiger partial charge on any atom is 0.335 e. The van der Waals surface area contributed by atoms with Crippen LogP contribution in [0.5, 0.6) is 11.5 Å². The van der Waals surface area contributed by atoms with E-state index in [1.807, 2.05) is 18.2 Å². The lowest BCUT2D eigenvalue weighted by molar-refractivity contribution is -0.122. The summed E-state index contributed by atoms with van der Waals surface area (Å²) in [7, 11) is 3.22. The molecule has 6 heteroatoms. The number of carboxylic acids is 1. The van der Waals surface area contributed by atoms with Crippen molar-refractivity contribution < 1.29 is 24.2 Å². The number of aromatic carboxylic acids is 1. The molecule has 2 unspecified atom stereocenters. The maximum atomic E-state index is 12.4. The predicted octanol–water partition coefficient (Wildman–Crippen LogP) is 2.82. The van der Waals surface area contributed by atoms with Gasteiger partial charge in [0, 0.05) is 23.9 Å². The number of carbonyl (C=O) groups excluding carboxylic acids is 1. The van der Waals surface area contributed by atoms with Gasteiger partial charge in [0.2, 0.25) is 5.91 Å². The fourth-order valence-electron chi connectivity index (χ4n) is 3.04. The van der Waals surface area contributed by atoms with E-state index in [0.29, 0.717) is 6.54 Å². The summed E-state index contributed by atoms with van der Waals surface area (Å²) in [6, 6.07) is 12.1. The zero-order valence-corrected chi connectivity index (χ0v) is 14.7. The molecule has 2 aromatic rings. The molecule has 1 amide bonds. The first-order valence-electron chi connectivity index (χ1n) is 8.35. The quantitative estimate of drug-likeness (QED) is 0.798. The molecular weight excluding hydrogens is 334 g/mol. The lowest BCUT2D eigenvalue weighted by Crippen LogP contribution is -2.24. The van der Waals surface area contributed by atoms with Crippen LogP contribution in [0.4, 0.5) is 0 Å². The first-order valence-corrected chi connectivity index (χ1v) is 8.35. The van der Waals surface area contributed by atoms with Crippen molar-refractivity contribution in [3.8, 4) is 11.5 Å². The van der Waals surface area contributed by atoms with Crippen LogP contribution in [-0.2, 0) is 11.3 Å². The molecule has 0 saturated heterocycles. The van der Waals surface area contributed by atoms with Gasteiger partial charge in [0.05, 0.1) is 19.8 Å². The van der Waals surface area contributed by atoms with Gasteiger partial charge >= 0.3 is 5.97 Å². The zero-order chi connectivity index (χ0) is 18.7. The average Bonchev–Trinajstić information content (AvgIpc) is 3.46. The van der Waals surface area contributed by atoms with Gasteiger partial charge < -0.3 is 19.9 Å². The summed E-state index contributed by atoms with van der Waals surface area (Å²) < 4.78 is 10.7. The lowest BCUT2D eigenvalue weighted by atomic mass is 10.1. The number of hydrogen-bond donors (Lipinski definition) is 2. The van der Waals surface area contributed by atoms with Gasteiger partial charge in [-0.2, -0.15) is 0 Å². The van der Waals surface area contributed by atoms with Gasteiger partial charge in [-0.25, -0.2) is 4.79 Å². The average molecular weight is 355 g/mol. The summed E-state index contributed by atoms with van der Waals surface area (Å²) in [5, 5.41) is 11.8. The number of benzene rings is 2. The maximum absolute atomic E-state index is 12.4. The fraction of sp³-hybridized carbons (Fsp3) is 0.300. The molecule has 3 rings (SSSR count). The summed E-state index contributed by atoms with van der Waals surface area (Å²) in [6.07, 6.45) is 0.771. The highest BCUT2D eigenvalue weighted by Gasteiger charge is 2.45. The van der Waals surface area contributed by atoms with Crippen LogP contribution in [0, 0.1) is 5.92 Å². The van der Waals surface area contributed by atoms with Crippen LogP contribution in [0.25, 0.3) is 0 Å². The van der Waals surface area contributed by atoms with Crippen molar-refractivity contribution in [2.45, 2.75) is 18.9 Å². The van der Waals surface area contributed by atoms with Crippen molar-refractivity contribution in [1.29, 1.82) is 0 Å². The number of nitrogens with one attached hydrogen (secondary N) is 1. The van der Waals surface area contributed by atoms with Crippen LogP contribution in [0.1, 0.15) is 33.8 Å². The molecule has 2 aromatic carbocycles. The number of carbonyl (C=O) groups is 2. The molecule has 2 atom stereocenters. The largest absolute Gasteiger partial charge is 0.497 e. The van der Waals surface area contributed by atoms with E-state index in [1.54, 1.807) is 26.4 Å². The van der Waals surface area contributed by atoms with E-state index in [1.165, 1.54) is 12.1 Å². The molecule has 0 spiro atoms. The third-order valence-electron chi connectivity index (χ3n) is 4.63.